The van der Waals surface area contributed by atoms with Gasteiger partial charge in [0.15, 0.2) is 5.78 Å². The Labute approximate surface area is 55.9 Å². The third-order valence-electron chi connectivity index (χ3n) is 1.24. The number of unbranched alkanes of at least 4 members (excludes halogenated alkanes) is 1. The molecule has 0 radical (unpaired) electrons. The number of rotatable bonds is 4. The summed E-state index contributed by atoms with van der Waals surface area (Å²) >= 11 is 0. The first kappa shape index (κ1) is 8.63. The van der Waals surface area contributed by atoms with Crippen LogP contribution in [0.1, 0.15) is 33.1 Å². The zero-order valence-electron chi connectivity index (χ0n) is 6.05. The minimum absolute atomic E-state index is 0.0446. The van der Waals surface area contributed by atoms with Crippen LogP contribution in [-0.4, -0.2) is 17.0 Å². The summed E-state index contributed by atoms with van der Waals surface area (Å²) in [4.78, 5) is 10.7. The van der Waals surface area contributed by atoms with Gasteiger partial charge >= 0.3 is 0 Å². The smallest absolute Gasteiger partial charge is 0.160 e. The molecule has 2 heteroatoms. The summed E-state index contributed by atoms with van der Waals surface area (Å²) in [6.45, 7) is 3.54. The molecule has 0 aliphatic rings. The average molecular weight is 130 g/mol. The lowest BCUT2D eigenvalue weighted by Gasteiger charge is -1.99. The molecule has 0 aromatic carbocycles. The quantitative estimate of drug-likeness (QED) is 0.619. The highest BCUT2D eigenvalue weighted by molar-refractivity contribution is 5.82. The van der Waals surface area contributed by atoms with Crippen molar-refractivity contribution in [2.75, 3.05) is 0 Å². The zero-order chi connectivity index (χ0) is 7.28. The fraction of sp³-hybridized carbons (Fsp3) is 0.857. The highest BCUT2D eigenvalue weighted by Crippen LogP contribution is 1.97. The molecule has 1 N–H and O–H groups in total. The molecule has 0 saturated heterocycles. The van der Waals surface area contributed by atoms with Gasteiger partial charge in [0, 0.05) is 6.42 Å². The lowest BCUT2D eigenvalue weighted by atomic mass is 10.1. The van der Waals surface area contributed by atoms with Crippen LogP contribution in [0.5, 0.6) is 0 Å². The molecule has 0 rings (SSSR count). The fourth-order valence-corrected chi connectivity index (χ4v) is 0.560. The van der Waals surface area contributed by atoms with Gasteiger partial charge in [-0.15, -0.1) is 0 Å². The van der Waals surface area contributed by atoms with Crippen molar-refractivity contribution in [3.63, 3.8) is 0 Å². The van der Waals surface area contributed by atoms with Crippen molar-refractivity contribution < 1.29 is 9.90 Å². The number of carbonyl (C=O) groups excluding carboxylic acids is 1. The standard InChI is InChI=1S/C7H14O2/c1-3-4-5-7(9)6(2)8/h6,8H,3-5H2,1-2H3/t6-/m0/s1. The first-order valence-electron chi connectivity index (χ1n) is 3.39. The summed E-state index contributed by atoms with van der Waals surface area (Å²) in [5.74, 6) is -0.0446. The summed E-state index contributed by atoms with van der Waals surface area (Å²) < 4.78 is 0. The van der Waals surface area contributed by atoms with Crippen LogP contribution < -0.4 is 0 Å². The van der Waals surface area contributed by atoms with Crippen molar-refractivity contribution in [2.24, 2.45) is 0 Å². The van der Waals surface area contributed by atoms with Crippen molar-refractivity contribution in [2.45, 2.75) is 39.2 Å². The second-order valence-electron chi connectivity index (χ2n) is 2.25. The van der Waals surface area contributed by atoms with E-state index in [-0.39, 0.29) is 5.78 Å². The Morgan fingerprint density at radius 3 is 2.56 bits per heavy atom. The molecule has 1 atom stereocenters. The van der Waals surface area contributed by atoms with E-state index in [1.807, 2.05) is 6.92 Å². The van der Waals surface area contributed by atoms with Crippen LogP contribution in [0.2, 0.25) is 0 Å². The summed E-state index contributed by atoms with van der Waals surface area (Å²) in [6, 6.07) is 0. The number of hydrogen-bond acceptors (Lipinski definition) is 2. The minimum atomic E-state index is -0.767. The van der Waals surface area contributed by atoms with Crippen LogP contribution in [-0.2, 0) is 4.79 Å². The molecule has 0 spiro atoms. The Morgan fingerprint density at radius 2 is 2.22 bits per heavy atom. The molecule has 54 valence electrons. The Morgan fingerprint density at radius 1 is 1.67 bits per heavy atom. The molecular formula is C7H14O2. The third-order valence-corrected chi connectivity index (χ3v) is 1.24. The van der Waals surface area contributed by atoms with Gasteiger partial charge in [-0.3, -0.25) is 4.79 Å². The molecule has 0 fully saturated rings. The number of Topliss-reactive ketones (excluding diaryl/α,β-unsaturated/α-hetero) is 1. The van der Waals surface area contributed by atoms with Crippen LogP contribution in [0.4, 0.5) is 0 Å². The maximum absolute atomic E-state index is 10.7. The van der Waals surface area contributed by atoms with Crippen LogP contribution in [0.25, 0.3) is 0 Å². The number of aliphatic hydroxyl groups is 1. The highest BCUT2D eigenvalue weighted by Gasteiger charge is 2.06. The molecule has 2 nitrogen and oxygen atoms in total. The maximum atomic E-state index is 10.7. The first-order chi connectivity index (χ1) is 4.18. The van der Waals surface area contributed by atoms with Crippen LogP contribution in [0, 0.1) is 0 Å². The Bertz CT molecular complexity index is 86.9. The summed E-state index contributed by atoms with van der Waals surface area (Å²) in [6.07, 6.45) is 1.66. The monoisotopic (exact) mass is 130 g/mol. The molecule has 0 aliphatic heterocycles. The van der Waals surface area contributed by atoms with Crippen molar-refractivity contribution in [1.29, 1.82) is 0 Å². The molecule has 0 aromatic rings. The molecule has 0 aliphatic carbocycles. The highest BCUT2D eigenvalue weighted by atomic mass is 16.3. The fourth-order valence-electron chi connectivity index (χ4n) is 0.560. The number of aliphatic hydroxyl groups excluding tert-OH is 1. The van der Waals surface area contributed by atoms with E-state index in [9.17, 15) is 4.79 Å². The predicted molar refractivity (Wildman–Crippen MR) is 36.2 cm³/mol. The summed E-state index contributed by atoms with van der Waals surface area (Å²) in [5.41, 5.74) is 0. The van der Waals surface area contributed by atoms with Crippen molar-refractivity contribution in [3.8, 4) is 0 Å². The number of carbonyl (C=O) groups is 1. The van der Waals surface area contributed by atoms with E-state index in [1.165, 1.54) is 6.92 Å². The summed E-state index contributed by atoms with van der Waals surface area (Å²) in [7, 11) is 0. The second-order valence-corrected chi connectivity index (χ2v) is 2.25. The van der Waals surface area contributed by atoms with Crippen molar-refractivity contribution >= 4 is 5.78 Å². The molecule has 0 amide bonds. The second kappa shape index (κ2) is 4.50. The molecule has 0 bridgehead atoms. The van der Waals surface area contributed by atoms with Crippen molar-refractivity contribution in [3.05, 3.63) is 0 Å². The van der Waals surface area contributed by atoms with Gasteiger partial charge in [-0.25, -0.2) is 0 Å². The van der Waals surface area contributed by atoms with Gasteiger partial charge in [0.1, 0.15) is 6.10 Å². The van der Waals surface area contributed by atoms with E-state index in [2.05, 4.69) is 0 Å². The lowest BCUT2D eigenvalue weighted by molar-refractivity contribution is -0.126. The molecule has 0 aromatic heterocycles. The van der Waals surface area contributed by atoms with Crippen LogP contribution in [0.15, 0.2) is 0 Å². The van der Waals surface area contributed by atoms with E-state index in [4.69, 9.17) is 5.11 Å². The molecule has 0 unspecified atom stereocenters. The number of hydrogen-bond donors (Lipinski definition) is 1. The minimum Gasteiger partial charge on any atom is -0.386 e. The zero-order valence-corrected chi connectivity index (χ0v) is 6.05. The predicted octanol–water partition coefficient (Wildman–Crippen LogP) is 1.13. The van der Waals surface area contributed by atoms with E-state index >= 15 is 0 Å². The van der Waals surface area contributed by atoms with Crippen LogP contribution in [0.3, 0.4) is 0 Å². The van der Waals surface area contributed by atoms with Gasteiger partial charge in [0.05, 0.1) is 0 Å². The largest absolute Gasteiger partial charge is 0.386 e. The molecule has 0 saturated carbocycles. The number of ketones is 1. The van der Waals surface area contributed by atoms with Gasteiger partial charge in [-0.1, -0.05) is 13.3 Å². The average Bonchev–Trinajstić information content (AvgIpc) is 1.82. The van der Waals surface area contributed by atoms with Gasteiger partial charge in [0.25, 0.3) is 0 Å². The van der Waals surface area contributed by atoms with E-state index in [0.29, 0.717) is 6.42 Å². The lowest BCUT2D eigenvalue weighted by Crippen LogP contribution is -2.15. The maximum Gasteiger partial charge on any atom is 0.160 e. The van der Waals surface area contributed by atoms with Gasteiger partial charge in [-0.05, 0) is 13.3 Å². The molecule has 9 heavy (non-hydrogen) atoms. The van der Waals surface area contributed by atoms with Crippen LogP contribution >= 0.6 is 0 Å². The Hall–Kier alpha value is -0.370. The molecule has 0 heterocycles. The van der Waals surface area contributed by atoms with E-state index in [1.54, 1.807) is 0 Å². The van der Waals surface area contributed by atoms with Crippen molar-refractivity contribution in [1.82, 2.24) is 0 Å². The van der Waals surface area contributed by atoms with Gasteiger partial charge in [0.2, 0.25) is 0 Å². The molecular weight excluding hydrogens is 116 g/mol. The third kappa shape index (κ3) is 4.15. The van der Waals surface area contributed by atoms with E-state index in [0.717, 1.165) is 12.8 Å². The SMILES string of the molecule is CCCCC(=O)[C@H](C)O. The Kier molecular flexibility index (Phi) is 4.32. The van der Waals surface area contributed by atoms with Gasteiger partial charge in [-0.2, -0.15) is 0 Å². The first-order valence-corrected chi connectivity index (χ1v) is 3.39. The summed E-state index contributed by atoms with van der Waals surface area (Å²) in [5, 5.41) is 8.70. The Balaban J connectivity index is 3.28. The van der Waals surface area contributed by atoms with E-state index < -0.39 is 6.10 Å². The topological polar surface area (TPSA) is 37.3 Å². The van der Waals surface area contributed by atoms with Gasteiger partial charge < -0.3 is 5.11 Å². The normalized spacial score (nSPS) is 13.2.